The average molecular weight is 323 g/mol. The number of nitrogen functional groups attached to an aromatic ring is 1. The van der Waals surface area contributed by atoms with E-state index >= 15 is 0 Å². The van der Waals surface area contributed by atoms with Crippen molar-refractivity contribution < 1.29 is 14.5 Å². The number of nitrogens with one attached hydrogen (secondary N) is 1. The minimum Gasteiger partial charge on any atom is -0.444 e. The van der Waals surface area contributed by atoms with Gasteiger partial charge in [-0.25, -0.2) is 9.78 Å². The highest BCUT2D eigenvalue weighted by molar-refractivity contribution is 5.68. The molecule has 0 radical (unpaired) electrons. The molecule has 0 spiro atoms. The van der Waals surface area contributed by atoms with Crippen LogP contribution in [-0.4, -0.2) is 45.6 Å². The van der Waals surface area contributed by atoms with Crippen LogP contribution in [0.1, 0.15) is 27.2 Å². The second-order valence-electron chi connectivity index (χ2n) is 6.41. The van der Waals surface area contributed by atoms with Gasteiger partial charge in [0.1, 0.15) is 11.4 Å². The highest BCUT2D eigenvalue weighted by atomic mass is 16.6. The number of nitrogens with zero attached hydrogens (tertiary/aromatic N) is 3. The molecule has 1 aromatic heterocycles. The Bertz CT molecular complexity index is 614. The second kappa shape index (κ2) is 6.27. The van der Waals surface area contributed by atoms with Crippen LogP contribution in [0.5, 0.6) is 0 Å². The molecular weight excluding hydrogens is 302 g/mol. The van der Waals surface area contributed by atoms with Crippen molar-refractivity contribution in [1.29, 1.82) is 0 Å². The highest BCUT2D eigenvalue weighted by Gasteiger charge is 2.30. The number of aromatic nitrogens is 1. The first-order chi connectivity index (χ1) is 10.7. The van der Waals surface area contributed by atoms with E-state index in [2.05, 4.69) is 10.3 Å². The summed E-state index contributed by atoms with van der Waals surface area (Å²) in [6.45, 7) is 6.52. The van der Waals surface area contributed by atoms with Crippen molar-refractivity contribution in [2.45, 2.75) is 38.8 Å². The molecule has 1 amide bonds. The van der Waals surface area contributed by atoms with Gasteiger partial charge in [0, 0.05) is 25.2 Å². The molecule has 1 saturated heterocycles. The summed E-state index contributed by atoms with van der Waals surface area (Å²) in [4.78, 5) is 27.7. The Balaban J connectivity index is 1.94. The monoisotopic (exact) mass is 323 g/mol. The molecule has 126 valence electrons. The first kappa shape index (κ1) is 16.8. The number of nitro groups is 1. The van der Waals surface area contributed by atoms with E-state index in [1.54, 1.807) is 4.90 Å². The summed E-state index contributed by atoms with van der Waals surface area (Å²) >= 11 is 0. The maximum absolute atomic E-state index is 12.0. The lowest BCUT2D eigenvalue weighted by molar-refractivity contribution is -0.384. The third kappa shape index (κ3) is 4.44. The Kier molecular flexibility index (Phi) is 4.57. The molecule has 1 aliphatic rings. The summed E-state index contributed by atoms with van der Waals surface area (Å²) in [7, 11) is 0. The van der Waals surface area contributed by atoms with Crippen LogP contribution in [0.15, 0.2) is 12.1 Å². The molecule has 2 heterocycles. The van der Waals surface area contributed by atoms with Gasteiger partial charge < -0.3 is 20.7 Å². The number of rotatable bonds is 3. The first-order valence-corrected chi connectivity index (χ1v) is 7.31. The zero-order valence-corrected chi connectivity index (χ0v) is 13.4. The number of anilines is 2. The largest absolute Gasteiger partial charge is 0.444 e. The van der Waals surface area contributed by atoms with Crippen molar-refractivity contribution in [3.8, 4) is 0 Å². The third-order valence-electron chi connectivity index (χ3n) is 3.29. The predicted octanol–water partition coefficient (Wildman–Crippen LogP) is 1.99. The van der Waals surface area contributed by atoms with E-state index in [9.17, 15) is 14.9 Å². The Morgan fingerprint density at radius 1 is 1.52 bits per heavy atom. The summed E-state index contributed by atoms with van der Waals surface area (Å²) in [6.07, 6.45) is 0.385. The van der Waals surface area contributed by atoms with Crippen molar-refractivity contribution in [3.63, 3.8) is 0 Å². The Hall–Kier alpha value is -2.58. The number of hydrogen-bond donors (Lipinski definition) is 2. The molecule has 2 rings (SSSR count). The van der Waals surface area contributed by atoms with Gasteiger partial charge in [-0.1, -0.05) is 0 Å². The quantitative estimate of drug-likeness (QED) is 0.644. The van der Waals surface area contributed by atoms with Gasteiger partial charge in [0.25, 0.3) is 0 Å². The van der Waals surface area contributed by atoms with E-state index in [0.717, 1.165) is 6.42 Å². The molecular formula is C14H21N5O4. The van der Waals surface area contributed by atoms with E-state index in [4.69, 9.17) is 10.5 Å². The molecule has 1 aliphatic heterocycles. The number of amides is 1. The number of nitrogens with two attached hydrogens (primary N) is 1. The lowest BCUT2D eigenvalue weighted by Crippen LogP contribution is -2.36. The number of carbonyl (C=O) groups excluding carboxylic acids is 1. The fourth-order valence-corrected chi connectivity index (χ4v) is 2.28. The van der Waals surface area contributed by atoms with Crippen LogP contribution in [0.4, 0.5) is 22.1 Å². The number of hydrogen-bond acceptors (Lipinski definition) is 7. The Morgan fingerprint density at radius 3 is 2.78 bits per heavy atom. The van der Waals surface area contributed by atoms with E-state index < -0.39 is 10.5 Å². The number of ether oxygens (including phenoxy) is 1. The third-order valence-corrected chi connectivity index (χ3v) is 3.29. The van der Waals surface area contributed by atoms with Crippen molar-refractivity contribution in [2.75, 3.05) is 24.1 Å². The zero-order chi connectivity index (χ0) is 17.2. The first-order valence-electron chi connectivity index (χ1n) is 7.31. The molecule has 3 N–H and O–H groups in total. The molecule has 0 aromatic carbocycles. The minimum absolute atomic E-state index is 0.00382. The van der Waals surface area contributed by atoms with Gasteiger partial charge in [0.15, 0.2) is 0 Å². The van der Waals surface area contributed by atoms with E-state index in [-0.39, 0.29) is 23.6 Å². The molecule has 0 saturated carbocycles. The van der Waals surface area contributed by atoms with Crippen LogP contribution >= 0.6 is 0 Å². The lowest BCUT2D eigenvalue weighted by atomic mass is 10.2. The molecule has 1 atom stereocenters. The van der Waals surface area contributed by atoms with E-state index in [1.807, 2.05) is 20.8 Å². The fourth-order valence-electron chi connectivity index (χ4n) is 2.28. The molecule has 0 bridgehead atoms. The van der Waals surface area contributed by atoms with Gasteiger partial charge in [0.2, 0.25) is 5.82 Å². The average Bonchev–Trinajstić information content (AvgIpc) is 2.85. The topological polar surface area (TPSA) is 124 Å². The van der Waals surface area contributed by atoms with Crippen LogP contribution < -0.4 is 11.1 Å². The van der Waals surface area contributed by atoms with Crippen LogP contribution in [0.25, 0.3) is 0 Å². The SMILES string of the molecule is CC(C)(C)OC(=O)N1CC[C@H](Nc2ccc([N+](=O)[O-])c(N)n2)C1. The van der Waals surface area contributed by atoms with Gasteiger partial charge in [0.05, 0.1) is 4.92 Å². The minimum atomic E-state index is -0.577. The van der Waals surface area contributed by atoms with Crippen molar-refractivity contribution in [1.82, 2.24) is 9.88 Å². The van der Waals surface area contributed by atoms with Crippen molar-refractivity contribution >= 4 is 23.4 Å². The smallest absolute Gasteiger partial charge is 0.410 e. The zero-order valence-electron chi connectivity index (χ0n) is 13.4. The molecule has 23 heavy (non-hydrogen) atoms. The predicted molar refractivity (Wildman–Crippen MR) is 85.1 cm³/mol. The fraction of sp³-hybridized carbons (Fsp3) is 0.571. The Morgan fingerprint density at radius 2 is 2.22 bits per heavy atom. The van der Waals surface area contributed by atoms with Crippen molar-refractivity contribution in [3.05, 3.63) is 22.2 Å². The summed E-state index contributed by atoms with van der Waals surface area (Å²) in [5.74, 6) is 0.311. The van der Waals surface area contributed by atoms with Gasteiger partial charge in [-0.15, -0.1) is 0 Å². The van der Waals surface area contributed by atoms with Crippen LogP contribution in [0, 0.1) is 10.1 Å². The maximum atomic E-state index is 12.0. The molecule has 1 fully saturated rings. The summed E-state index contributed by atoms with van der Waals surface area (Å²) in [5.41, 5.74) is 4.81. The molecule has 9 nitrogen and oxygen atoms in total. The van der Waals surface area contributed by atoms with Crippen LogP contribution in [0.3, 0.4) is 0 Å². The summed E-state index contributed by atoms with van der Waals surface area (Å²) in [6, 6.07) is 2.81. The Labute approximate surface area is 134 Å². The summed E-state index contributed by atoms with van der Waals surface area (Å²) < 4.78 is 5.33. The lowest BCUT2D eigenvalue weighted by Gasteiger charge is -2.24. The summed E-state index contributed by atoms with van der Waals surface area (Å²) in [5, 5.41) is 13.8. The number of pyridine rings is 1. The highest BCUT2D eigenvalue weighted by Crippen LogP contribution is 2.23. The number of likely N-dealkylation sites (tertiary alicyclic amines) is 1. The van der Waals surface area contributed by atoms with Gasteiger partial charge in [-0.2, -0.15) is 0 Å². The van der Waals surface area contributed by atoms with Crippen LogP contribution in [0.2, 0.25) is 0 Å². The molecule has 9 heteroatoms. The van der Waals surface area contributed by atoms with Crippen molar-refractivity contribution in [2.24, 2.45) is 0 Å². The molecule has 1 aromatic rings. The number of carbonyl (C=O) groups is 1. The molecule has 0 unspecified atom stereocenters. The van der Waals surface area contributed by atoms with E-state index in [0.29, 0.717) is 18.9 Å². The van der Waals surface area contributed by atoms with Gasteiger partial charge in [-0.05, 0) is 33.3 Å². The van der Waals surface area contributed by atoms with Crippen LogP contribution in [-0.2, 0) is 4.74 Å². The maximum Gasteiger partial charge on any atom is 0.410 e. The van der Waals surface area contributed by atoms with Gasteiger partial charge in [-0.3, -0.25) is 10.1 Å². The van der Waals surface area contributed by atoms with E-state index in [1.165, 1.54) is 12.1 Å². The standard InChI is InChI=1S/C14H21N5O4/c1-14(2,3)23-13(20)18-7-6-9(8-18)16-11-5-4-10(19(21)22)12(15)17-11/h4-5,9H,6-8H2,1-3H3,(H3,15,16,17)/t9-/m0/s1. The normalized spacial score (nSPS) is 17.9. The van der Waals surface area contributed by atoms with Gasteiger partial charge >= 0.3 is 11.8 Å². The molecule has 0 aliphatic carbocycles. The second-order valence-corrected chi connectivity index (χ2v) is 6.41.